The normalized spacial score (nSPS) is 10.5. The molecule has 0 heterocycles. The van der Waals surface area contributed by atoms with Crippen molar-refractivity contribution in [1.29, 1.82) is 0 Å². The SMILES string of the molecule is COc1cc(OC)c(OC)cc1/C=C/C(=O)c1ccc(OCC(=O)O)cc1. The van der Waals surface area contributed by atoms with Gasteiger partial charge in [-0.2, -0.15) is 0 Å². The highest BCUT2D eigenvalue weighted by molar-refractivity contribution is 6.07. The molecule has 27 heavy (non-hydrogen) atoms. The van der Waals surface area contributed by atoms with Gasteiger partial charge in [-0.25, -0.2) is 4.79 Å². The lowest BCUT2D eigenvalue weighted by atomic mass is 10.1. The van der Waals surface area contributed by atoms with Gasteiger partial charge in [0.2, 0.25) is 0 Å². The van der Waals surface area contributed by atoms with Crippen molar-refractivity contribution >= 4 is 17.8 Å². The van der Waals surface area contributed by atoms with Gasteiger partial charge in [-0.05, 0) is 42.5 Å². The predicted molar refractivity (Wildman–Crippen MR) is 99.0 cm³/mol. The second-order valence-electron chi connectivity index (χ2n) is 5.35. The van der Waals surface area contributed by atoms with E-state index in [9.17, 15) is 9.59 Å². The molecular weight excluding hydrogens is 352 g/mol. The summed E-state index contributed by atoms with van der Waals surface area (Å²) in [5.74, 6) is 0.660. The molecule has 0 aromatic heterocycles. The number of carboxylic acid groups (broad SMARTS) is 1. The Hall–Kier alpha value is -3.48. The van der Waals surface area contributed by atoms with Crippen molar-refractivity contribution in [2.75, 3.05) is 27.9 Å². The average molecular weight is 372 g/mol. The van der Waals surface area contributed by atoms with E-state index in [-0.39, 0.29) is 5.78 Å². The topological polar surface area (TPSA) is 91.3 Å². The summed E-state index contributed by atoms with van der Waals surface area (Å²) in [6.07, 6.45) is 3.04. The van der Waals surface area contributed by atoms with Gasteiger partial charge in [0.25, 0.3) is 0 Å². The van der Waals surface area contributed by atoms with Gasteiger partial charge in [0.1, 0.15) is 11.5 Å². The molecule has 0 amide bonds. The smallest absolute Gasteiger partial charge is 0.341 e. The third-order valence-corrected chi connectivity index (χ3v) is 3.65. The Balaban J connectivity index is 2.17. The Morgan fingerprint density at radius 2 is 1.52 bits per heavy atom. The van der Waals surface area contributed by atoms with Crippen LogP contribution in [0.15, 0.2) is 42.5 Å². The minimum atomic E-state index is -1.07. The van der Waals surface area contributed by atoms with E-state index in [1.165, 1.54) is 27.4 Å². The lowest BCUT2D eigenvalue weighted by Gasteiger charge is -2.12. The van der Waals surface area contributed by atoms with Gasteiger partial charge in [-0.3, -0.25) is 4.79 Å². The van der Waals surface area contributed by atoms with Crippen LogP contribution < -0.4 is 18.9 Å². The van der Waals surface area contributed by atoms with E-state index in [0.717, 1.165) is 0 Å². The number of hydrogen-bond acceptors (Lipinski definition) is 6. The number of aliphatic carboxylic acids is 1. The van der Waals surface area contributed by atoms with E-state index in [0.29, 0.717) is 34.1 Å². The molecule has 2 rings (SSSR count). The van der Waals surface area contributed by atoms with Gasteiger partial charge in [-0.15, -0.1) is 0 Å². The van der Waals surface area contributed by atoms with Crippen LogP contribution in [0.25, 0.3) is 6.08 Å². The van der Waals surface area contributed by atoms with E-state index in [2.05, 4.69) is 0 Å². The molecule has 0 aliphatic rings. The van der Waals surface area contributed by atoms with Crippen molar-refractivity contribution in [3.8, 4) is 23.0 Å². The van der Waals surface area contributed by atoms with Crippen LogP contribution >= 0.6 is 0 Å². The first-order valence-electron chi connectivity index (χ1n) is 7.95. The van der Waals surface area contributed by atoms with E-state index >= 15 is 0 Å². The van der Waals surface area contributed by atoms with Crippen molar-refractivity contribution in [2.45, 2.75) is 0 Å². The lowest BCUT2D eigenvalue weighted by Crippen LogP contribution is -2.09. The third-order valence-electron chi connectivity index (χ3n) is 3.65. The van der Waals surface area contributed by atoms with E-state index < -0.39 is 12.6 Å². The molecule has 0 aliphatic heterocycles. The van der Waals surface area contributed by atoms with Crippen LogP contribution in [0.4, 0.5) is 0 Å². The Morgan fingerprint density at radius 1 is 0.926 bits per heavy atom. The first-order chi connectivity index (χ1) is 13.0. The quantitative estimate of drug-likeness (QED) is 0.534. The Morgan fingerprint density at radius 3 is 2.07 bits per heavy atom. The number of rotatable bonds is 9. The molecule has 0 atom stereocenters. The molecule has 7 nitrogen and oxygen atoms in total. The number of methoxy groups -OCH3 is 3. The lowest BCUT2D eigenvalue weighted by molar-refractivity contribution is -0.139. The number of ether oxygens (including phenoxy) is 4. The van der Waals surface area contributed by atoms with E-state index in [4.69, 9.17) is 24.1 Å². The molecule has 7 heteroatoms. The molecule has 0 radical (unpaired) electrons. The highest BCUT2D eigenvalue weighted by Crippen LogP contribution is 2.35. The molecule has 0 unspecified atom stereocenters. The van der Waals surface area contributed by atoms with Gasteiger partial charge < -0.3 is 24.1 Å². The largest absolute Gasteiger partial charge is 0.496 e. The molecular formula is C20H20O7. The maximum Gasteiger partial charge on any atom is 0.341 e. The van der Waals surface area contributed by atoms with Crippen molar-refractivity contribution in [3.63, 3.8) is 0 Å². The number of carbonyl (C=O) groups excluding carboxylic acids is 1. The van der Waals surface area contributed by atoms with Gasteiger partial charge in [0.15, 0.2) is 23.9 Å². The molecule has 1 N–H and O–H groups in total. The molecule has 2 aromatic rings. The molecule has 0 spiro atoms. The van der Waals surface area contributed by atoms with Crippen LogP contribution in [-0.4, -0.2) is 44.8 Å². The zero-order valence-corrected chi connectivity index (χ0v) is 15.2. The first kappa shape index (κ1) is 19.8. The summed E-state index contributed by atoms with van der Waals surface area (Å²) < 4.78 is 20.9. The fourth-order valence-electron chi connectivity index (χ4n) is 2.31. The predicted octanol–water partition coefficient (Wildman–Crippen LogP) is 3.07. The van der Waals surface area contributed by atoms with Gasteiger partial charge in [0.05, 0.1) is 21.3 Å². The average Bonchev–Trinajstić information content (AvgIpc) is 2.69. The van der Waals surface area contributed by atoms with Crippen LogP contribution in [0.5, 0.6) is 23.0 Å². The van der Waals surface area contributed by atoms with E-state index in [1.54, 1.807) is 42.5 Å². The van der Waals surface area contributed by atoms with Crippen molar-refractivity contribution in [2.24, 2.45) is 0 Å². The Bertz CT molecular complexity index is 838. The van der Waals surface area contributed by atoms with Crippen LogP contribution in [-0.2, 0) is 4.79 Å². The molecule has 0 bridgehead atoms. The number of carboxylic acids is 1. The zero-order valence-electron chi connectivity index (χ0n) is 15.2. The summed E-state index contributed by atoms with van der Waals surface area (Å²) >= 11 is 0. The van der Waals surface area contributed by atoms with Crippen LogP contribution in [0.2, 0.25) is 0 Å². The number of allylic oxidation sites excluding steroid dienone is 1. The van der Waals surface area contributed by atoms with Gasteiger partial charge in [0, 0.05) is 17.2 Å². The molecule has 2 aromatic carbocycles. The minimum Gasteiger partial charge on any atom is -0.496 e. The fraction of sp³-hybridized carbons (Fsp3) is 0.200. The highest BCUT2D eigenvalue weighted by Gasteiger charge is 2.11. The second-order valence-corrected chi connectivity index (χ2v) is 5.35. The minimum absolute atomic E-state index is 0.225. The summed E-state index contributed by atoms with van der Waals surface area (Å²) in [5.41, 5.74) is 1.10. The van der Waals surface area contributed by atoms with Crippen LogP contribution in [0, 0.1) is 0 Å². The molecule has 0 saturated carbocycles. The zero-order chi connectivity index (χ0) is 19.8. The molecule has 142 valence electrons. The fourth-order valence-corrected chi connectivity index (χ4v) is 2.31. The highest BCUT2D eigenvalue weighted by atomic mass is 16.5. The second kappa shape index (κ2) is 9.28. The molecule has 0 saturated heterocycles. The first-order valence-corrected chi connectivity index (χ1v) is 7.95. The maximum atomic E-state index is 12.4. The van der Waals surface area contributed by atoms with Gasteiger partial charge in [-0.1, -0.05) is 0 Å². The van der Waals surface area contributed by atoms with Crippen LogP contribution in [0.1, 0.15) is 15.9 Å². The molecule has 0 fully saturated rings. The number of hydrogen-bond donors (Lipinski definition) is 1. The number of benzene rings is 2. The summed E-state index contributed by atoms with van der Waals surface area (Å²) in [7, 11) is 4.58. The summed E-state index contributed by atoms with van der Waals surface area (Å²) in [6, 6.07) is 9.61. The van der Waals surface area contributed by atoms with E-state index in [1.807, 2.05) is 0 Å². The number of ketones is 1. The van der Waals surface area contributed by atoms with Crippen molar-refractivity contribution < 1.29 is 33.6 Å². The van der Waals surface area contributed by atoms with Gasteiger partial charge >= 0.3 is 5.97 Å². The Labute approximate surface area is 156 Å². The number of carbonyl (C=O) groups is 2. The third kappa shape index (κ3) is 5.24. The van der Waals surface area contributed by atoms with Crippen LogP contribution in [0.3, 0.4) is 0 Å². The Kier molecular flexibility index (Phi) is 6.82. The maximum absolute atomic E-state index is 12.4. The monoisotopic (exact) mass is 372 g/mol. The summed E-state index contributed by atoms with van der Waals surface area (Å²) in [6.45, 7) is -0.438. The van der Waals surface area contributed by atoms with Crippen molar-refractivity contribution in [3.05, 3.63) is 53.6 Å². The van der Waals surface area contributed by atoms with Crippen molar-refractivity contribution in [1.82, 2.24) is 0 Å². The standard InChI is InChI=1S/C20H20O7/c1-24-17-11-19(26-3)18(25-2)10-14(17)6-9-16(21)13-4-7-15(8-5-13)27-12-20(22)23/h4-11H,12H2,1-3H3,(H,22,23)/b9-6+. The summed E-state index contributed by atoms with van der Waals surface area (Å²) in [5, 5.41) is 8.59. The summed E-state index contributed by atoms with van der Waals surface area (Å²) in [4.78, 5) is 22.8. The molecule has 0 aliphatic carbocycles.